The van der Waals surface area contributed by atoms with Crippen LogP contribution < -0.4 is 5.32 Å². The molecule has 1 aliphatic carbocycles. The Balaban J connectivity index is 2.46. The molecule has 64 valence electrons. The standard InChI is InChI=1S/C10H14N2/c1-7-5-12-6-9-8(7)3-4-10(9)11-2/h5-6,10-11H,3-4H2,1-2H3. The van der Waals surface area contributed by atoms with Crippen LogP contribution in [0.25, 0.3) is 0 Å². The van der Waals surface area contributed by atoms with Gasteiger partial charge in [0.1, 0.15) is 0 Å². The van der Waals surface area contributed by atoms with Crippen molar-refractivity contribution in [2.75, 3.05) is 7.05 Å². The summed E-state index contributed by atoms with van der Waals surface area (Å²) in [5.74, 6) is 0. The summed E-state index contributed by atoms with van der Waals surface area (Å²) in [5.41, 5.74) is 4.24. The highest BCUT2D eigenvalue weighted by molar-refractivity contribution is 5.37. The Morgan fingerprint density at radius 1 is 1.50 bits per heavy atom. The maximum atomic E-state index is 4.21. The quantitative estimate of drug-likeness (QED) is 0.678. The molecule has 1 aromatic heterocycles. The van der Waals surface area contributed by atoms with E-state index >= 15 is 0 Å². The highest BCUT2D eigenvalue weighted by atomic mass is 14.9. The van der Waals surface area contributed by atoms with Crippen molar-refractivity contribution in [3.63, 3.8) is 0 Å². The van der Waals surface area contributed by atoms with Crippen LogP contribution in [0.2, 0.25) is 0 Å². The maximum absolute atomic E-state index is 4.21. The molecule has 0 saturated heterocycles. The van der Waals surface area contributed by atoms with E-state index in [1.807, 2.05) is 19.4 Å². The normalized spacial score (nSPS) is 21.0. The van der Waals surface area contributed by atoms with Gasteiger partial charge in [-0.05, 0) is 43.5 Å². The summed E-state index contributed by atoms with van der Waals surface area (Å²) in [4.78, 5) is 4.21. The Labute approximate surface area is 73.0 Å². The zero-order valence-corrected chi connectivity index (χ0v) is 7.59. The number of fused-ring (bicyclic) bond motifs is 1. The molecule has 1 unspecified atom stereocenters. The van der Waals surface area contributed by atoms with Gasteiger partial charge in [-0.2, -0.15) is 0 Å². The minimum atomic E-state index is 0.535. The molecule has 0 amide bonds. The van der Waals surface area contributed by atoms with Crippen LogP contribution in [-0.2, 0) is 6.42 Å². The molecular weight excluding hydrogens is 148 g/mol. The zero-order valence-electron chi connectivity index (χ0n) is 7.59. The Morgan fingerprint density at radius 3 is 3.08 bits per heavy atom. The van der Waals surface area contributed by atoms with Gasteiger partial charge < -0.3 is 5.32 Å². The summed E-state index contributed by atoms with van der Waals surface area (Å²) < 4.78 is 0. The third-order valence-corrected chi connectivity index (χ3v) is 2.71. The van der Waals surface area contributed by atoms with Crippen molar-refractivity contribution in [3.05, 3.63) is 29.1 Å². The average molecular weight is 162 g/mol. The smallest absolute Gasteiger partial charge is 0.0338 e. The second kappa shape index (κ2) is 2.87. The number of aromatic nitrogens is 1. The summed E-state index contributed by atoms with van der Waals surface area (Å²) in [6, 6.07) is 0.535. The Hall–Kier alpha value is -0.890. The fourth-order valence-electron chi connectivity index (χ4n) is 2.00. The summed E-state index contributed by atoms with van der Waals surface area (Å²) in [6.45, 7) is 2.14. The van der Waals surface area contributed by atoms with Crippen molar-refractivity contribution >= 4 is 0 Å². The van der Waals surface area contributed by atoms with Crippen molar-refractivity contribution in [1.29, 1.82) is 0 Å². The second-order valence-electron chi connectivity index (χ2n) is 3.40. The highest BCUT2D eigenvalue weighted by Crippen LogP contribution is 2.31. The van der Waals surface area contributed by atoms with Crippen LogP contribution in [0.1, 0.15) is 29.2 Å². The first-order valence-electron chi connectivity index (χ1n) is 4.43. The summed E-state index contributed by atoms with van der Waals surface area (Å²) in [6.07, 6.45) is 6.38. The molecule has 2 heteroatoms. The van der Waals surface area contributed by atoms with Crippen LogP contribution in [0.4, 0.5) is 0 Å². The largest absolute Gasteiger partial charge is 0.313 e. The van der Waals surface area contributed by atoms with Gasteiger partial charge in [-0.1, -0.05) is 0 Å². The molecule has 0 saturated carbocycles. The lowest BCUT2D eigenvalue weighted by Crippen LogP contribution is -2.12. The predicted molar refractivity (Wildman–Crippen MR) is 49.1 cm³/mol. The van der Waals surface area contributed by atoms with Gasteiger partial charge >= 0.3 is 0 Å². The van der Waals surface area contributed by atoms with Gasteiger partial charge in [0.05, 0.1) is 0 Å². The molecule has 2 nitrogen and oxygen atoms in total. The number of aryl methyl sites for hydroxylation is 1. The zero-order chi connectivity index (χ0) is 8.55. The van der Waals surface area contributed by atoms with Crippen molar-refractivity contribution in [1.82, 2.24) is 10.3 Å². The van der Waals surface area contributed by atoms with Gasteiger partial charge in [0.15, 0.2) is 0 Å². The first kappa shape index (κ1) is 7.74. The van der Waals surface area contributed by atoms with Crippen LogP contribution in [0, 0.1) is 6.92 Å². The van der Waals surface area contributed by atoms with Crippen molar-refractivity contribution in [2.24, 2.45) is 0 Å². The van der Waals surface area contributed by atoms with Crippen LogP contribution in [0.5, 0.6) is 0 Å². The van der Waals surface area contributed by atoms with Crippen LogP contribution >= 0.6 is 0 Å². The average Bonchev–Trinajstić information content (AvgIpc) is 2.49. The lowest BCUT2D eigenvalue weighted by Gasteiger charge is -2.09. The number of nitrogens with one attached hydrogen (secondary N) is 1. The molecule has 1 heterocycles. The van der Waals surface area contributed by atoms with E-state index in [1.165, 1.54) is 29.5 Å². The molecule has 1 aliphatic rings. The van der Waals surface area contributed by atoms with E-state index in [1.54, 1.807) is 0 Å². The van der Waals surface area contributed by atoms with Crippen molar-refractivity contribution in [2.45, 2.75) is 25.8 Å². The molecule has 0 radical (unpaired) electrons. The van der Waals surface area contributed by atoms with Gasteiger partial charge in [-0.3, -0.25) is 4.98 Å². The second-order valence-corrected chi connectivity index (χ2v) is 3.40. The molecule has 12 heavy (non-hydrogen) atoms. The SMILES string of the molecule is CNC1CCc2c(C)cncc21. The predicted octanol–water partition coefficient (Wildman–Crippen LogP) is 1.60. The third-order valence-electron chi connectivity index (χ3n) is 2.71. The van der Waals surface area contributed by atoms with E-state index in [0.29, 0.717) is 6.04 Å². The molecule has 0 aliphatic heterocycles. The van der Waals surface area contributed by atoms with E-state index < -0.39 is 0 Å². The monoisotopic (exact) mass is 162 g/mol. The summed E-state index contributed by atoms with van der Waals surface area (Å²) in [7, 11) is 2.02. The fourth-order valence-corrected chi connectivity index (χ4v) is 2.00. The third kappa shape index (κ3) is 1.03. The van der Waals surface area contributed by atoms with Gasteiger partial charge in [0, 0.05) is 18.4 Å². The van der Waals surface area contributed by atoms with Gasteiger partial charge in [-0.25, -0.2) is 0 Å². The van der Waals surface area contributed by atoms with E-state index in [2.05, 4.69) is 17.2 Å². The summed E-state index contributed by atoms with van der Waals surface area (Å²) >= 11 is 0. The number of hydrogen-bond donors (Lipinski definition) is 1. The molecule has 0 bridgehead atoms. The first-order valence-corrected chi connectivity index (χ1v) is 4.43. The van der Waals surface area contributed by atoms with E-state index in [4.69, 9.17) is 0 Å². The highest BCUT2D eigenvalue weighted by Gasteiger charge is 2.21. The topological polar surface area (TPSA) is 24.9 Å². The van der Waals surface area contributed by atoms with E-state index in [9.17, 15) is 0 Å². The first-order chi connectivity index (χ1) is 5.83. The number of hydrogen-bond acceptors (Lipinski definition) is 2. The fraction of sp³-hybridized carbons (Fsp3) is 0.500. The number of rotatable bonds is 1. The van der Waals surface area contributed by atoms with E-state index in [-0.39, 0.29) is 0 Å². The molecule has 1 aromatic rings. The van der Waals surface area contributed by atoms with Crippen LogP contribution in [0.3, 0.4) is 0 Å². The summed E-state index contributed by atoms with van der Waals surface area (Å²) in [5, 5.41) is 3.31. The van der Waals surface area contributed by atoms with Gasteiger partial charge in [-0.15, -0.1) is 0 Å². The van der Waals surface area contributed by atoms with Crippen molar-refractivity contribution < 1.29 is 0 Å². The molecule has 1 N–H and O–H groups in total. The lowest BCUT2D eigenvalue weighted by molar-refractivity contribution is 0.589. The van der Waals surface area contributed by atoms with Gasteiger partial charge in [0.2, 0.25) is 0 Å². The molecule has 0 aromatic carbocycles. The Kier molecular flexibility index (Phi) is 1.85. The van der Waals surface area contributed by atoms with Crippen LogP contribution in [-0.4, -0.2) is 12.0 Å². The minimum absolute atomic E-state index is 0.535. The maximum Gasteiger partial charge on any atom is 0.0338 e. The van der Waals surface area contributed by atoms with Crippen LogP contribution in [0.15, 0.2) is 12.4 Å². The minimum Gasteiger partial charge on any atom is -0.313 e. The molecule has 0 spiro atoms. The molecule has 2 rings (SSSR count). The number of nitrogens with zero attached hydrogens (tertiary/aromatic N) is 1. The molecule has 1 atom stereocenters. The Morgan fingerprint density at radius 2 is 2.33 bits per heavy atom. The van der Waals surface area contributed by atoms with E-state index in [0.717, 1.165) is 0 Å². The number of pyridine rings is 1. The van der Waals surface area contributed by atoms with Crippen molar-refractivity contribution in [3.8, 4) is 0 Å². The van der Waals surface area contributed by atoms with Gasteiger partial charge in [0.25, 0.3) is 0 Å². The lowest BCUT2D eigenvalue weighted by atomic mass is 10.1. The Bertz CT molecular complexity index is 294. The molecule has 0 fully saturated rings. The molecular formula is C10H14N2.